The van der Waals surface area contributed by atoms with E-state index in [9.17, 15) is 4.79 Å². The number of pyridine rings is 1. The van der Waals surface area contributed by atoms with E-state index in [1.807, 2.05) is 12.1 Å². The molecule has 0 saturated heterocycles. The van der Waals surface area contributed by atoms with Crippen LogP contribution in [0, 0.1) is 0 Å². The van der Waals surface area contributed by atoms with Crippen molar-refractivity contribution in [3.05, 3.63) is 53.2 Å². The van der Waals surface area contributed by atoms with Gasteiger partial charge in [-0.05, 0) is 55.0 Å². The maximum atomic E-state index is 12.5. The maximum absolute atomic E-state index is 12.5. The van der Waals surface area contributed by atoms with Gasteiger partial charge in [-0.3, -0.25) is 4.79 Å². The van der Waals surface area contributed by atoms with Crippen LogP contribution in [0.3, 0.4) is 0 Å². The molecule has 0 aliphatic heterocycles. The number of rotatable bonds is 3. The Balaban J connectivity index is 1.88. The number of aryl methyl sites for hydroxylation is 1. The Bertz CT molecular complexity index is 667. The highest BCUT2D eigenvalue weighted by Gasteiger charge is 2.16. The monoisotopic (exact) mass is 281 g/mol. The lowest BCUT2D eigenvalue weighted by atomic mass is 9.90. The Labute approximate surface area is 124 Å². The molecule has 4 heteroatoms. The summed E-state index contributed by atoms with van der Waals surface area (Å²) < 4.78 is 0. The number of carbonyl (C=O) groups is 1. The molecule has 4 nitrogen and oxygen atoms in total. The molecule has 0 bridgehead atoms. The Morgan fingerprint density at radius 2 is 2.00 bits per heavy atom. The molecule has 0 atom stereocenters. The van der Waals surface area contributed by atoms with Gasteiger partial charge in [0.1, 0.15) is 5.82 Å². The van der Waals surface area contributed by atoms with Crippen molar-refractivity contribution >= 4 is 17.4 Å². The van der Waals surface area contributed by atoms with E-state index in [0.29, 0.717) is 11.4 Å². The number of hydrogen-bond acceptors (Lipinski definition) is 3. The van der Waals surface area contributed by atoms with Gasteiger partial charge >= 0.3 is 0 Å². The smallest absolute Gasteiger partial charge is 0.259 e. The molecule has 1 aromatic heterocycles. The lowest BCUT2D eigenvalue weighted by Gasteiger charge is -2.19. The molecule has 0 radical (unpaired) electrons. The molecule has 1 aromatic carbocycles. The van der Waals surface area contributed by atoms with Crippen molar-refractivity contribution in [3.63, 3.8) is 0 Å². The van der Waals surface area contributed by atoms with Crippen LogP contribution in [-0.2, 0) is 12.8 Å². The molecule has 108 valence electrons. The lowest BCUT2D eigenvalue weighted by Crippen LogP contribution is -2.17. The van der Waals surface area contributed by atoms with Gasteiger partial charge in [-0.25, -0.2) is 4.98 Å². The van der Waals surface area contributed by atoms with Gasteiger partial charge in [-0.2, -0.15) is 0 Å². The first-order valence-electron chi connectivity index (χ1n) is 7.34. The van der Waals surface area contributed by atoms with Crippen molar-refractivity contribution in [3.8, 4) is 0 Å². The Hall–Kier alpha value is -2.36. The molecule has 2 aromatic rings. The standard InChI is InChI=1S/C17H19N3O/c1-18-16-14(9-5-11-19-16)17(21)20-15-10-4-7-12-6-2-3-8-13(12)15/h4-5,7,9-11H,2-3,6,8H2,1H3,(H,18,19)(H,20,21). The number of nitrogens with one attached hydrogen (secondary N) is 2. The molecule has 0 unspecified atom stereocenters. The summed E-state index contributed by atoms with van der Waals surface area (Å²) in [4.78, 5) is 16.7. The zero-order valence-electron chi connectivity index (χ0n) is 12.1. The Morgan fingerprint density at radius 1 is 1.14 bits per heavy atom. The van der Waals surface area contributed by atoms with E-state index < -0.39 is 0 Å². The molecule has 3 rings (SSSR count). The van der Waals surface area contributed by atoms with Crippen LogP contribution in [0.4, 0.5) is 11.5 Å². The molecule has 21 heavy (non-hydrogen) atoms. The highest BCUT2D eigenvalue weighted by Crippen LogP contribution is 2.28. The van der Waals surface area contributed by atoms with Gasteiger partial charge in [-0.1, -0.05) is 12.1 Å². The van der Waals surface area contributed by atoms with Crippen LogP contribution in [-0.4, -0.2) is 17.9 Å². The minimum Gasteiger partial charge on any atom is -0.372 e. The van der Waals surface area contributed by atoms with E-state index >= 15 is 0 Å². The first kappa shape index (κ1) is 13.6. The second-order valence-corrected chi connectivity index (χ2v) is 5.25. The SMILES string of the molecule is CNc1ncccc1C(=O)Nc1cccc2c1CCCC2. The van der Waals surface area contributed by atoms with Crippen LogP contribution in [0.5, 0.6) is 0 Å². The van der Waals surface area contributed by atoms with Crippen molar-refractivity contribution in [2.24, 2.45) is 0 Å². The quantitative estimate of drug-likeness (QED) is 0.908. The predicted octanol–water partition coefficient (Wildman–Crippen LogP) is 3.25. The zero-order chi connectivity index (χ0) is 14.7. The van der Waals surface area contributed by atoms with Gasteiger partial charge in [0.15, 0.2) is 0 Å². The topological polar surface area (TPSA) is 54.0 Å². The third-order valence-corrected chi connectivity index (χ3v) is 3.93. The number of carbonyl (C=O) groups excluding carboxylic acids is 1. The van der Waals surface area contributed by atoms with E-state index in [2.05, 4.69) is 21.7 Å². The molecule has 1 aliphatic carbocycles. The van der Waals surface area contributed by atoms with E-state index in [-0.39, 0.29) is 5.91 Å². The number of fused-ring (bicyclic) bond motifs is 1. The highest BCUT2D eigenvalue weighted by molar-refractivity contribution is 6.07. The fourth-order valence-electron chi connectivity index (χ4n) is 2.88. The van der Waals surface area contributed by atoms with E-state index in [1.54, 1.807) is 25.4 Å². The number of nitrogens with zero attached hydrogens (tertiary/aromatic N) is 1. The number of benzene rings is 1. The van der Waals surface area contributed by atoms with Crippen LogP contribution >= 0.6 is 0 Å². The summed E-state index contributed by atoms with van der Waals surface area (Å²) in [6.07, 6.45) is 6.24. The number of anilines is 2. The van der Waals surface area contributed by atoms with Gasteiger partial charge < -0.3 is 10.6 Å². The van der Waals surface area contributed by atoms with Crippen molar-refractivity contribution in [2.45, 2.75) is 25.7 Å². The second kappa shape index (κ2) is 5.95. The normalized spacial score (nSPS) is 13.4. The molecule has 0 spiro atoms. The molecule has 1 amide bonds. The van der Waals surface area contributed by atoms with Crippen molar-refractivity contribution in [2.75, 3.05) is 17.7 Å². The summed E-state index contributed by atoms with van der Waals surface area (Å²) in [6, 6.07) is 9.71. The fourth-order valence-corrected chi connectivity index (χ4v) is 2.88. The number of aromatic nitrogens is 1. The first-order valence-corrected chi connectivity index (χ1v) is 7.34. The summed E-state index contributed by atoms with van der Waals surface area (Å²) in [6.45, 7) is 0. The summed E-state index contributed by atoms with van der Waals surface area (Å²) in [7, 11) is 1.77. The third kappa shape index (κ3) is 2.75. The molecular weight excluding hydrogens is 262 g/mol. The second-order valence-electron chi connectivity index (χ2n) is 5.25. The van der Waals surface area contributed by atoms with Crippen LogP contribution in [0.25, 0.3) is 0 Å². The number of hydrogen-bond donors (Lipinski definition) is 2. The van der Waals surface area contributed by atoms with Crippen LogP contribution < -0.4 is 10.6 Å². The molecule has 1 heterocycles. The van der Waals surface area contributed by atoms with Crippen molar-refractivity contribution in [1.29, 1.82) is 0 Å². The summed E-state index contributed by atoms with van der Waals surface area (Å²) in [5.41, 5.74) is 4.14. The minimum atomic E-state index is -0.119. The number of amides is 1. The molecule has 1 aliphatic rings. The van der Waals surface area contributed by atoms with Gasteiger partial charge in [0.2, 0.25) is 0 Å². The van der Waals surface area contributed by atoms with Crippen LogP contribution in [0.15, 0.2) is 36.5 Å². The van der Waals surface area contributed by atoms with Gasteiger partial charge in [0.25, 0.3) is 5.91 Å². The predicted molar refractivity (Wildman–Crippen MR) is 84.8 cm³/mol. The highest BCUT2D eigenvalue weighted by atomic mass is 16.1. The van der Waals surface area contributed by atoms with E-state index in [4.69, 9.17) is 0 Å². The van der Waals surface area contributed by atoms with E-state index in [1.165, 1.54) is 24.0 Å². The average molecular weight is 281 g/mol. The minimum absolute atomic E-state index is 0.119. The largest absolute Gasteiger partial charge is 0.372 e. The van der Waals surface area contributed by atoms with Crippen molar-refractivity contribution in [1.82, 2.24) is 4.98 Å². The average Bonchev–Trinajstić information content (AvgIpc) is 2.55. The zero-order valence-corrected chi connectivity index (χ0v) is 12.1. The maximum Gasteiger partial charge on any atom is 0.259 e. The van der Waals surface area contributed by atoms with Gasteiger partial charge in [0.05, 0.1) is 5.56 Å². The Kier molecular flexibility index (Phi) is 3.86. The fraction of sp³-hybridized carbons (Fsp3) is 0.294. The summed E-state index contributed by atoms with van der Waals surface area (Å²) in [5.74, 6) is 0.478. The van der Waals surface area contributed by atoms with Crippen molar-refractivity contribution < 1.29 is 4.79 Å². The Morgan fingerprint density at radius 3 is 2.86 bits per heavy atom. The van der Waals surface area contributed by atoms with E-state index in [0.717, 1.165) is 18.5 Å². The molecule has 0 saturated carbocycles. The molecular formula is C17H19N3O. The van der Waals surface area contributed by atoms with Gasteiger partial charge in [-0.15, -0.1) is 0 Å². The third-order valence-electron chi connectivity index (χ3n) is 3.93. The summed E-state index contributed by atoms with van der Waals surface area (Å²) >= 11 is 0. The van der Waals surface area contributed by atoms with Crippen LogP contribution in [0.2, 0.25) is 0 Å². The summed E-state index contributed by atoms with van der Waals surface area (Å²) in [5, 5.41) is 5.99. The van der Waals surface area contributed by atoms with Crippen LogP contribution in [0.1, 0.15) is 34.3 Å². The molecule has 2 N–H and O–H groups in total. The first-order chi connectivity index (χ1) is 10.3. The lowest BCUT2D eigenvalue weighted by molar-refractivity contribution is 0.102. The molecule has 0 fully saturated rings. The van der Waals surface area contributed by atoms with Gasteiger partial charge in [0, 0.05) is 18.9 Å².